The van der Waals surface area contributed by atoms with E-state index in [0.717, 1.165) is 18.1 Å². The van der Waals surface area contributed by atoms with Crippen LogP contribution in [0.3, 0.4) is 0 Å². The third-order valence-corrected chi connectivity index (χ3v) is 5.05. The molecule has 0 spiro atoms. The molecule has 0 amide bonds. The monoisotopic (exact) mass is 433 g/mol. The van der Waals surface area contributed by atoms with Crippen LogP contribution in [-0.4, -0.2) is 47.7 Å². The fourth-order valence-electron chi connectivity index (χ4n) is 3.25. The van der Waals surface area contributed by atoms with E-state index in [4.69, 9.17) is 0 Å². The number of rotatable bonds is 7. The van der Waals surface area contributed by atoms with Crippen LogP contribution >= 0.6 is 0 Å². The highest BCUT2D eigenvalue weighted by atomic mass is 19.1. The van der Waals surface area contributed by atoms with Crippen LogP contribution in [0.5, 0.6) is 0 Å². The maximum Gasteiger partial charge on any atom is 0.164 e. The molecular formula is C23H24FN7O. The Morgan fingerprint density at radius 3 is 2.88 bits per heavy atom. The lowest BCUT2D eigenvalue weighted by Crippen LogP contribution is -2.08. The predicted octanol–water partition coefficient (Wildman–Crippen LogP) is 3.69. The van der Waals surface area contributed by atoms with Crippen LogP contribution in [0.25, 0.3) is 22.3 Å². The van der Waals surface area contributed by atoms with E-state index < -0.39 is 5.82 Å². The summed E-state index contributed by atoms with van der Waals surface area (Å²) in [7, 11) is 0. The Balaban J connectivity index is 1.64. The minimum Gasteiger partial charge on any atom is -0.394 e. The Bertz CT molecular complexity index is 1250. The lowest BCUT2D eigenvalue weighted by Gasteiger charge is -2.09. The summed E-state index contributed by atoms with van der Waals surface area (Å²) in [5.74, 6) is 0.286. The number of H-pyrrole nitrogens is 1. The number of aromatic nitrogens is 6. The van der Waals surface area contributed by atoms with E-state index in [1.54, 1.807) is 17.1 Å². The van der Waals surface area contributed by atoms with Crippen LogP contribution in [0.4, 0.5) is 10.2 Å². The molecule has 4 rings (SSSR count). The smallest absolute Gasteiger partial charge is 0.164 e. The topological polar surface area (TPSA) is 105 Å². The first kappa shape index (κ1) is 21.4. The largest absolute Gasteiger partial charge is 0.394 e. The van der Waals surface area contributed by atoms with Gasteiger partial charge in [0.2, 0.25) is 0 Å². The Morgan fingerprint density at radius 2 is 2.03 bits per heavy atom. The van der Waals surface area contributed by atoms with Gasteiger partial charge >= 0.3 is 0 Å². The van der Waals surface area contributed by atoms with E-state index in [9.17, 15) is 9.50 Å². The number of nitrogens with zero attached hydrogens (tertiary/aromatic N) is 5. The van der Waals surface area contributed by atoms with Crippen molar-refractivity contribution in [1.29, 1.82) is 0 Å². The highest BCUT2D eigenvalue weighted by Crippen LogP contribution is 2.18. The Kier molecular flexibility index (Phi) is 6.66. The molecule has 0 saturated heterocycles. The number of benzene rings is 1. The van der Waals surface area contributed by atoms with Gasteiger partial charge in [0.05, 0.1) is 37.7 Å². The van der Waals surface area contributed by atoms with Crippen LogP contribution in [0, 0.1) is 5.82 Å². The number of halogens is 1. The van der Waals surface area contributed by atoms with Gasteiger partial charge in [-0.15, -0.1) is 0 Å². The summed E-state index contributed by atoms with van der Waals surface area (Å²) in [6, 6.07) is 9.24. The van der Waals surface area contributed by atoms with Crippen molar-refractivity contribution in [2.45, 2.75) is 19.4 Å². The molecule has 0 saturated carbocycles. The van der Waals surface area contributed by atoms with Gasteiger partial charge in [0.15, 0.2) is 5.82 Å². The molecule has 0 aliphatic carbocycles. The summed E-state index contributed by atoms with van der Waals surface area (Å²) in [5, 5.41) is 14.0. The molecule has 0 bridgehead atoms. The van der Waals surface area contributed by atoms with Gasteiger partial charge in [0.25, 0.3) is 0 Å². The molecule has 32 heavy (non-hydrogen) atoms. The fraction of sp³-hybridized carbons (Fsp3) is 0.217. The number of anilines is 1. The standard InChI is InChI=1S/C23H24FN7O/c1-16(13-32)31-14-26-12-22(30-23(29-15-31)18-8-19(24)11-25-9-18)27-7-6-17-10-28-21-5-3-2-4-20(17)21/h2-5,8-12,14-16,27-28,32H,6-7,13H2,1H3/t16-/m0/s1. The maximum atomic E-state index is 13.8. The molecule has 3 aromatic heterocycles. The van der Waals surface area contributed by atoms with Gasteiger partial charge in [-0.3, -0.25) is 4.98 Å². The quantitative estimate of drug-likeness (QED) is 0.411. The van der Waals surface area contributed by atoms with Crippen LogP contribution in [0.1, 0.15) is 18.5 Å². The number of fused-ring (bicyclic) bond motifs is 1. The molecule has 9 heteroatoms. The second-order valence-corrected chi connectivity index (χ2v) is 7.37. The van der Waals surface area contributed by atoms with E-state index in [0.29, 0.717) is 17.9 Å². The maximum absolute atomic E-state index is 13.8. The molecular weight excluding hydrogens is 409 g/mol. The van der Waals surface area contributed by atoms with Gasteiger partial charge in [-0.2, -0.15) is 0 Å². The van der Waals surface area contributed by atoms with Crippen molar-refractivity contribution in [3.8, 4) is 11.4 Å². The molecule has 8 nitrogen and oxygen atoms in total. The van der Waals surface area contributed by atoms with Gasteiger partial charge in [-0.25, -0.2) is 19.3 Å². The lowest BCUT2D eigenvalue weighted by molar-refractivity contribution is 0.237. The van der Waals surface area contributed by atoms with Gasteiger partial charge in [-0.1, -0.05) is 18.2 Å². The summed E-state index contributed by atoms with van der Waals surface area (Å²) in [5.41, 5.74) is 2.73. The number of para-hydroxylation sites is 1. The van der Waals surface area contributed by atoms with Gasteiger partial charge in [0.1, 0.15) is 11.6 Å². The molecule has 1 aromatic carbocycles. The molecule has 0 radical (unpaired) electrons. The third-order valence-electron chi connectivity index (χ3n) is 5.05. The minimum absolute atomic E-state index is 0.0779. The first-order valence-corrected chi connectivity index (χ1v) is 10.3. The molecule has 1 atom stereocenters. The van der Waals surface area contributed by atoms with Crippen molar-refractivity contribution in [2.24, 2.45) is 0 Å². The average Bonchev–Trinajstić information content (AvgIpc) is 3.25. The number of hydrogen-bond acceptors (Lipinski definition) is 6. The first-order valence-electron chi connectivity index (χ1n) is 10.3. The van der Waals surface area contributed by atoms with Gasteiger partial charge in [-0.05, 0) is 31.0 Å². The molecule has 3 N–H and O–H groups in total. The van der Waals surface area contributed by atoms with Crippen LogP contribution in [-0.2, 0) is 6.42 Å². The number of nitrogens with one attached hydrogen (secondary N) is 2. The van der Waals surface area contributed by atoms with Crippen molar-refractivity contribution in [3.63, 3.8) is 0 Å². The van der Waals surface area contributed by atoms with Crippen LogP contribution in [0.2, 0.25) is 0 Å². The Hall–Kier alpha value is -3.85. The Morgan fingerprint density at radius 1 is 1.16 bits per heavy atom. The fourth-order valence-corrected chi connectivity index (χ4v) is 3.25. The summed E-state index contributed by atoms with van der Waals surface area (Å²) in [6.45, 7) is 2.37. The van der Waals surface area contributed by atoms with Crippen molar-refractivity contribution in [2.75, 3.05) is 18.5 Å². The average molecular weight is 433 g/mol. The molecule has 3 heterocycles. The van der Waals surface area contributed by atoms with E-state index in [1.807, 2.05) is 31.3 Å². The normalized spacial score (nSPS) is 11.8. The second-order valence-electron chi connectivity index (χ2n) is 7.37. The van der Waals surface area contributed by atoms with Crippen LogP contribution < -0.4 is 5.32 Å². The molecule has 164 valence electrons. The number of aliphatic hydroxyl groups is 1. The zero-order chi connectivity index (χ0) is 22.3. The number of aromatic amines is 1. The SMILES string of the molecule is C[C@@H](CO)n1cncc(NCCc2c[nH]c3ccccc23)nc(-c2cncc(F)c2)nc1. The minimum atomic E-state index is -0.477. The third kappa shape index (κ3) is 5.06. The number of pyridine rings is 1. The zero-order valence-electron chi connectivity index (χ0n) is 17.6. The summed E-state index contributed by atoms with van der Waals surface area (Å²) < 4.78 is 15.4. The van der Waals surface area contributed by atoms with Gasteiger partial charge < -0.3 is 20.0 Å². The van der Waals surface area contributed by atoms with Crippen molar-refractivity contribution < 1.29 is 9.50 Å². The predicted molar refractivity (Wildman–Crippen MR) is 121 cm³/mol. The van der Waals surface area contributed by atoms with Gasteiger partial charge in [0, 0.05) is 35.4 Å². The van der Waals surface area contributed by atoms with E-state index >= 15 is 0 Å². The number of aliphatic hydroxyl groups excluding tert-OH is 1. The number of hydrogen-bond donors (Lipinski definition) is 3. The lowest BCUT2D eigenvalue weighted by atomic mass is 10.1. The highest BCUT2D eigenvalue weighted by molar-refractivity contribution is 5.83. The molecule has 0 unspecified atom stereocenters. The van der Waals surface area contributed by atoms with E-state index in [-0.39, 0.29) is 18.5 Å². The first-order chi connectivity index (χ1) is 15.6. The molecule has 4 aromatic rings. The second kappa shape index (κ2) is 9.97. The van der Waals surface area contributed by atoms with Crippen LogP contribution in [0.15, 0.2) is 67.8 Å². The molecule has 0 aliphatic heterocycles. The summed E-state index contributed by atoms with van der Waals surface area (Å²) >= 11 is 0. The summed E-state index contributed by atoms with van der Waals surface area (Å²) in [4.78, 5) is 20.5. The van der Waals surface area contributed by atoms with Crippen molar-refractivity contribution >= 4 is 16.7 Å². The highest BCUT2D eigenvalue weighted by Gasteiger charge is 2.06. The van der Waals surface area contributed by atoms with E-state index in [2.05, 4.69) is 36.3 Å². The van der Waals surface area contributed by atoms with Crippen molar-refractivity contribution in [3.05, 3.63) is 79.2 Å². The zero-order valence-corrected chi connectivity index (χ0v) is 17.6. The Labute approximate surface area is 184 Å². The molecule has 0 aliphatic rings. The van der Waals surface area contributed by atoms with Crippen molar-refractivity contribution in [1.82, 2.24) is 29.5 Å². The molecule has 0 fully saturated rings. The summed E-state index contributed by atoms with van der Waals surface area (Å²) in [6.07, 6.45) is 10.1. The van der Waals surface area contributed by atoms with E-state index in [1.165, 1.54) is 29.5 Å².